The van der Waals surface area contributed by atoms with E-state index < -0.39 is 0 Å². The summed E-state index contributed by atoms with van der Waals surface area (Å²) < 4.78 is 0. The lowest BCUT2D eigenvalue weighted by atomic mass is 10.2. The minimum atomic E-state index is -0.0267. The lowest BCUT2D eigenvalue weighted by molar-refractivity contribution is -0.118. The lowest BCUT2D eigenvalue weighted by Crippen LogP contribution is -2.22. The summed E-state index contributed by atoms with van der Waals surface area (Å²) in [6.45, 7) is 2.52. The molecule has 1 atom stereocenters. The first-order chi connectivity index (χ1) is 6.66. The molecule has 0 saturated carbocycles. The maximum Gasteiger partial charge on any atom is 0.229 e. The highest BCUT2D eigenvalue weighted by Gasteiger charge is 2.18. The van der Waals surface area contributed by atoms with Gasteiger partial charge in [0.1, 0.15) is 0 Å². The van der Waals surface area contributed by atoms with Gasteiger partial charge in [0.15, 0.2) is 0 Å². The topological polar surface area (TPSA) is 41.1 Å². The summed E-state index contributed by atoms with van der Waals surface area (Å²) in [4.78, 5) is 11.5. The number of benzene rings is 1. The Morgan fingerprint density at radius 1 is 1.43 bits per heavy atom. The third-order valence-corrected chi connectivity index (χ3v) is 2.52. The zero-order chi connectivity index (χ0) is 10.1. The van der Waals surface area contributed by atoms with Crippen molar-refractivity contribution in [3.63, 3.8) is 0 Å². The zero-order valence-electron chi connectivity index (χ0n) is 7.80. The van der Waals surface area contributed by atoms with E-state index in [4.69, 9.17) is 11.6 Å². The van der Waals surface area contributed by atoms with Gasteiger partial charge in [0.25, 0.3) is 0 Å². The summed E-state index contributed by atoms with van der Waals surface area (Å²) in [5.41, 5.74) is 1.68. The van der Waals surface area contributed by atoms with Crippen molar-refractivity contribution in [2.75, 3.05) is 17.2 Å². The molecule has 0 fully saturated rings. The van der Waals surface area contributed by atoms with Gasteiger partial charge in [-0.15, -0.1) is 0 Å². The van der Waals surface area contributed by atoms with Crippen molar-refractivity contribution in [1.29, 1.82) is 0 Å². The Morgan fingerprint density at radius 3 is 3.00 bits per heavy atom. The van der Waals surface area contributed by atoms with Gasteiger partial charge < -0.3 is 10.6 Å². The van der Waals surface area contributed by atoms with E-state index in [1.54, 1.807) is 12.1 Å². The molecule has 1 amide bonds. The van der Waals surface area contributed by atoms with Gasteiger partial charge in [0, 0.05) is 11.6 Å². The molecule has 14 heavy (non-hydrogen) atoms. The number of rotatable bonds is 0. The molecule has 4 heteroatoms. The first kappa shape index (κ1) is 9.34. The number of fused-ring (bicyclic) bond motifs is 1. The Kier molecular flexibility index (Phi) is 2.33. The molecule has 0 aromatic heterocycles. The van der Waals surface area contributed by atoms with Gasteiger partial charge in [-0.1, -0.05) is 18.5 Å². The van der Waals surface area contributed by atoms with Crippen molar-refractivity contribution < 1.29 is 4.79 Å². The average molecular weight is 211 g/mol. The van der Waals surface area contributed by atoms with Crippen LogP contribution in [0.3, 0.4) is 0 Å². The molecule has 1 aliphatic rings. The van der Waals surface area contributed by atoms with Gasteiger partial charge in [0.2, 0.25) is 5.91 Å². The number of hydrogen-bond donors (Lipinski definition) is 2. The van der Waals surface area contributed by atoms with E-state index in [2.05, 4.69) is 10.6 Å². The van der Waals surface area contributed by atoms with Gasteiger partial charge in [-0.05, 0) is 18.2 Å². The lowest BCUT2D eigenvalue weighted by Gasteiger charge is -2.06. The van der Waals surface area contributed by atoms with E-state index in [0.717, 1.165) is 11.4 Å². The van der Waals surface area contributed by atoms with E-state index in [0.29, 0.717) is 11.6 Å². The second-order valence-corrected chi connectivity index (χ2v) is 3.90. The monoisotopic (exact) mass is 210 g/mol. The molecule has 2 rings (SSSR count). The highest BCUT2D eigenvalue weighted by atomic mass is 35.5. The average Bonchev–Trinajstić information content (AvgIpc) is 2.29. The summed E-state index contributed by atoms with van der Waals surface area (Å²) in [6, 6.07) is 5.38. The molecular formula is C10H11ClN2O. The maximum absolute atomic E-state index is 11.5. The molecule has 0 spiro atoms. The second kappa shape index (κ2) is 3.50. The Morgan fingerprint density at radius 2 is 2.21 bits per heavy atom. The molecule has 1 heterocycles. The number of carbonyl (C=O) groups excluding carboxylic acids is 1. The van der Waals surface area contributed by atoms with Crippen molar-refractivity contribution in [3.05, 3.63) is 23.2 Å². The molecule has 1 unspecified atom stereocenters. The zero-order valence-corrected chi connectivity index (χ0v) is 8.56. The molecule has 2 N–H and O–H groups in total. The van der Waals surface area contributed by atoms with Crippen LogP contribution in [0.4, 0.5) is 11.4 Å². The molecule has 0 saturated heterocycles. The Labute approximate surface area is 87.4 Å². The molecule has 1 aliphatic heterocycles. The Hall–Kier alpha value is -1.22. The highest BCUT2D eigenvalue weighted by molar-refractivity contribution is 6.31. The second-order valence-electron chi connectivity index (χ2n) is 3.46. The molecular weight excluding hydrogens is 200 g/mol. The number of hydrogen-bond acceptors (Lipinski definition) is 2. The first-order valence-electron chi connectivity index (χ1n) is 4.51. The van der Waals surface area contributed by atoms with Crippen molar-refractivity contribution in [2.24, 2.45) is 5.92 Å². The van der Waals surface area contributed by atoms with Crippen LogP contribution in [0.15, 0.2) is 18.2 Å². The summed E-state index contributed by atoms with van der Waals surface area (Å²) in [6.07, 6.45) is 0. The predicted molar refractivity (Wildman–Crippen MR) is 57.7 cm³/mol. The minimum Gasteiger partial charge on any atom is -0.383 e. The Balaban J connectivity index is 2.37. The molecule has 0 bridgehead atoms. The van der Waals surface area contributed by atoms with Gasteiger partial charge in [-0.25, -0.2) is 0 Å². The van der Waals surface area contributed by atoms with Crippen LogP contribution in [0.5, 0.6) is 0 Å². The smallest absolute Gasteiger partial charge is 0.229 e. The van der Waals surface area contributed by atoms with Gasteiger partial charge in [-0.3, -0.25) is 4.79 Å². The van der Waals surface area contributed by atoms with Crippen LogP contribution in [-0.4, -0.2) is 12.5 Å². The van der Waals surface area contributed by atoms with Crippen molar-refractivity contribution in [2.45, 2.75) is 6.92 Å². The van der Waals surface area contributed by atoms with Crippen LogP contribution in [-0.2, 0) is 4.79 Å². The third kappa shape index (κ3) is 1.68. The predicted octanol–water partition coefficient (Wildman–Crippen LogP) is 2.34. The van der Waals surface area contributed by atoms with E-state index in [-0.39, 0.29) is 11.8 Å². The van der Waals surface area contributed by atoms with Crippen molar-refractivity contribution >= 4 is 28.9 Å². The fraction of sp³-hybridized carbons (Fsp3) is 0.300. The van der Waals surface area contributed by atoms with E-state index >= 15 is 0 Å². The number of nitrogens with one attached hydrogen (secondary N) is 2. The van der Waals surface area contributed by atoms with Crippen LogP contribution in [0.1, 0.15) is 6.92 Å². The summed E-state index contributed by atoms with van der Waals surface area (Å²) in [5, 5.41) is 6.68. The summed E-state index contributed by atoms with van der Waals surface area (Å²) in [5.74, 6) is 0.0137. The van der Waals surface area contributed by atoms with E-state index in [1.807, 2.05) is 13.0 Å². The fourth-order valence-electron chi connectivity index (χ4n) is 1.38. The molecule has 74 valence electrons. The number of halogens is 1. The normalized spacial score (nSPS) is 20.4. The molecule has 0 aliphatic carbocycles. The maximum atomic E-state index is 11.5. The molecule has 1 aromatic rings. The van der Waals surface area contributed by atoms with Gasteiger partial charge >= 0.3 is 0 Å². The van der Waals surface area contributed by atoms with Crippen molar-refractivity contribution in [1.82, 2.24) is 0 Å². The van der Waals surface area contributed by atoms with E-state index in [9.17, 15) is 4.79 Å². The third-order valence-electron chi connectivity index (χ3n) is 2.29. The minimum absolute atomic E-state index is 0.0267. The van der Waals surface area contributed by atoms with Crippen LogP contribution in [0.25, 0.3) is 0 Å². The summed E-state index contributed by atoms with van der Waals surface area (Å²) in [7, 11) is 0. The molecule has 3 nitrogen and oxygen atoms in total. The SMILES string of the molecule is CC1CNc2cc(Cl)ccc2NC1=O. The van der Waals surface area contributed by atoms with Gasteiger partial charge in [-0.2, -0.15) is 0 Å². The van der Waals surface area contributed by atoms with Crippen LogP contribution in [0, 0.1) is 5.92 Å². The van der Waals surface area contributed by atoms with Crippen LogP contribution >= 0.6 is 11.6 Å². The van der Waals surface area contributed by atoms with Crippen molar-refractivity contribution in [3.8, 4) is 0 Å². The summed E-state index contributed by atoms with van der Waals surface area (Å²) >= 11 is 5.85. The van der Waals surface area contributed by atoms with Crippen LogP contribution in [0.2, 0.25) is 5.02 Å². The van der Waals surface area contributed by atoms with Gasteiger partial charge in [0.05, 0.1) is 17.3 Å². The van der Waals surface area contributed by atoms with E-state index in [1.165, 1.54) is 0 Å². The largest absolute Gasteiger partial charge is 0.383 e. The number of amides is 1. The quantitative estimate of drug-likeness (QED) is 0.690. The first-order valence-corrected chi connectivity index (χ1v) is 4.89. The highest BCUT2D eigenvalue weighted by Crippen LogP contribution is 2.28. The van der Waals surface area contributed by atoms with Crippen LogP contribution < -0.4 is 10.6 Å². The standard InChI is InChI=1S/C10H11ClN2O/c1-6-5-12-9-4-7(11)2-3-8(9)13-10(6)14/h2-4,6,12H,5H2,1H3,(H,13,14). The molecule has 1 aromatic carbocycles. The molecule has 0 radical (unpaired) electrons. The number of anilines is 2. The Bertz CT molecular complexity index is 378. The fourth-order valence-corrected chi connectivity index (χ4v) is 1.56. The number of carbonyl (C=O) groups is 1.